The van der Waals surface area contributed by atoms with Crippen LogP contribution < -0.4 is 11.1 Å². The van der Waals surface area contributed by atoms with Gasteiger partial charge in [0, 0.05) is 18.3 Å². The van der Waals surface area contributed by atoms with Crippen LogP contribution in [0.25, 0.3) is 0 Å². The second kappa shape index (κ2) is 5.83. The van der Waals surface area contributed by atoms with Gasteiger partial charge < -0.3 is 11.1 Å². The number of hydrogen-bond acceptors (Lipinski definition) is 4. The minimum atomic E-state index is 0.167. The van der Waals surface area contributed by atoms with Crippen LogP contribution in [0.5, 0.6) is 0 Å². The van der Waals surface area contributed by atoms with Gasteiger partial charge in [-0.3, -0.25) is 0 Å². The monoisotopic (exact) mass is 244 g/mol. The molecule has 4 heteroatoms. The molecule has 1 atom stereocenters. The van der Waals surface area contributed by atoms with Gasteiger partial charge in [0.1, 0.15) is 11.9 Å². The molecule has 1 aromatic heterocycles. The summed E-state index contributed by atoms with van der Waals surface area (Å²) in [5.41, 5.74) is 8.77. The minimum Gasteiger partial charge on any atom is -0.369 e. The van der Waals surface area contributed by atoms with Crippen molar-refractivity contribution < 1.29 is 0 Å². The number of nitrogens with two attached hydrogens (primary N) is 1. The van der Waals surface area contributed by atoms with E-state index in [9.17, 15) is 5.26 Å². The van der Waals surface area contributed by atoms with Crippen molar-refractivity contribution in [3.63, 3.8) is 0 Å². The largest absolute Gasteiger partial charge is 0.369 e. The number of aromatic nitrogens is 1. The lowest BCUT2D eigenvalue weighted by atomic mass is 9.95. The van der Waals surface area contributed by atoms with E-state index in [2.05, 4.69) is 16.4 Å². The van der Waals surface area contributed by atoms with Gasteiger partial charge in [0.15, 0.2) is 0 Å². The number of pyridine rings is 1. The Bertz CT molecular complexity index is 460. The molecule has 1 heterocycles. The highest BCUT2D eigenvalue weighted by atomic mass is 15.0. The lowest BCUT2D eigenvalue weighted by Gasteiger charge is -2.17. The van der Waals surface area contributed by atoms with E-state index < -0.39 is 0 Å². The molecule has 0 bridgehead atoms. The molecule has 1 aliphatic rings. The number of anilines is 1. The van der Waals surface area contributed by atoms with Crippen LogP contribution in [0.15, 0.2) is 6.07 Å². The van der Waals surface area contributed by atoms with Crippen LogP contribution in [0.2, 0.25) is 0 Å². The predicted octanol–water partition coefficient (Wildman–Crippen LogP) is 1.98. The number of nitriles is 1. The first-order valence-corrected chi connectivity index (χ1v) is 6.63. The molecule has 0 aromatic carbocycles. The molecule has 1 aliphatic carbocycles. The van der Waals surface area contributed by atoms with Gasteiger partial charge in [-0.2, -0.15) is 5.26 Å². The van der Waals surface area contributed by atoms with Crippen molar-refractivity contribution >= 4 is 5.82 Å². The highest BCUT2D eigenvalue weighted by Gasteiger charge is 2.14. The first-order valence-electron chi connectivity index (χ1n) is 6.63. The van der Waals surface area contributed by atoms with Crippen LogP contribution in [0.4, 0.5) is 5.82 Å². The fraction of sp³-hybridized carbons (Fsp3) is 0.571. The second-order valence-corrected chi connectivity index (χ2v) is 5.00. The summed E-state index contributed by atoms with van der Waals surface area (Å²) in [5, 5.41) is 12.4. The van der Waals surface area contributed by atoms with Gasteiger partial charge in [-0.25, -0.2) is 4.98 Å². The quantitative estimate of drug-likeness (QED) is 0.849. The molecule has 0 fully saturated rings. The van der Waals surface area contributed by atoms with E-state index in [1.54, 1.807) is 0 Å². The number of nitrogens with zero attached hydrogens (tertiary/aromatic N) is 2. The van der Waals surface area contributed by atoms with Crippen LogP contribution in [0, 0.1) is 11.3 Å². The van der Waals surface area contributed by atoms with Gasteiger partial charge >= 0.3 is 0 Å². The summed E-state index contributed by atoms with van der Waals surface area (Å²) in [5.74, 6) is 0.721. The van der Waals surface area contributed by atoms with Crippen LogP contribution in [0.1, 0.15) is 43.0 Å². The van der Waals surface area contributed by atoms with Crippen molar-refractivity contribution in [2.45, 2.75) is 45.1 Å². The summed E-state index contributed by atoms with van der Waals surface area (Å²) >= 11 is 0. The van der Waals surface area contributed by atoms with Gasteiger partial charge in [-0.05, 0) is 50.7 Å². The lowest BCUT2D eigenvalue weighted by molar-refractivity contribution is 0.665. The predicted molar refractivity (Wildman–Crippen MR) is 72.4 cm³/mol. The molecule has 0 aliphatic heterocycles. The van der Waals surface area contributed by atoms with E-state index in [-0.39, 0.29) is 6.04 Å². The first kappa shape index (κ1) is 12.8. The summed E-state index contributed by atoms with van der Waals surface area (Å²) in [6.07, 6.45) is 5.37. The summed E-state index contributed by atoms with van der Waals surface area (Å²) < 4.78 is 0. The third-order valence-corrected chi connectivity index (χ3v) is 3.31. The number of nitrogens with one attached hydrogen (secondary N) is 1. The SMILES string of the molecule is CC(N)CCNc1nc2c(cc1C#N)CCCC2. The molecule has 2 rings (SSSR count). The van der Waals surface area contributed by atoms with Gasteiger partial charge in [0.25, 0.3) is 0 Å². The Morgan fingerprint density at radius 2 is 2.28 bits per heavy atom. The summed E-state index contributed by atoms with van der Waals surface area (Å²) in [7, 11) is 0. The Morgan fingerprint density at radius 3 is 3.00 bits per heavy atom. The van der Waals surface area contributed by atoms with E-state index in [1.165, 1.54) is 18.4 Å². The van der Waals surface area contributed by atoms with Crippen molar-refractivity contribution in [1.82, 2.24) is 4.98 Å². The number of fused-ring (bicyclic) bond motifs is 1. The van der Waals surface area contributed by atoms with E-state index in [1.807, 2.05) is 13.0 Å². The van der Waals surface area contributed by atoms with Crippen molar-refractivity contribution in [2.75, 3.05) is 11.9 Å². The molecule has 0 radical (unpaired) electrons. The van der Waals surface area contributed by atoms with E-state index in [0.29, 0.717) is 5.56 Å². The molecule has 96 valence electrons. The third-order valence-electron chi connectivity index (χ3n) is 3.31. The Kier molecular flexibility index (Phi) is 4.16. The number of aryl methyl sites for hydroxylation is 2. The van der Waals surface area contributed by atoms with Gasteiger partial charge in [0.05, 0.1) is 5.56 Å². The Labute approximate surface area is 108 Å². The fourth-order valence-electron chi connectivity index (χ4n) is 2.27. The van der Waals surface area contributed by atoms with Crippen molar-refractivity contribution in [2.24, 2.45) is 5.73 Å². The number of hydrogen-bond donors (Lipinski definition) is 2. The molecule has 1 aromatic rings. The van der Waals surface area contributed by atoms with Gasteiger partial charge in [0.2, 0.25) is 0 Å². The highest BCUT2D eigenvalue weighted by Crippen LogP contribution is 2.24. The summed E-state index contributed by atoms with van der Waals surface area (Å²) in [6, 6.07) is 4.39. The standard InChI is InChI=1S/C14H20N4/c1-10(16)6-7-17-14-12(9-15)8-11-4-2-3-5-13(11)18-14/h8,10H,2-7,16H2,1H3,(H,17,18). The van der Waals surface area contributed by atoms with Crippen molar-refractivity contribution in [3.05, 3.63) is 22.9 Å². The minimum absolute atomic E-state index is 0.167. The van der Waals surface area contributed by atoms with Gasteiger partial charge in [-0.15, -0.1) is 0 Å². The zero-order valence-corrected chi connectivity index (χ0v) is 10.9. The molecular weight excluding hydrogens is 224 g/mol. The fourth-order valence-corrected chi connectivity index (χ4v) is 2.27. The Balaban J connectivity index is 2.15. The average Bonchev–Trinajstić information content (AvgIpc) is 2.37. The normalized spacial score (nSPS) is 15.6. The molecule has 0 spiro atoms. The smallest absolute Gasteiger partial charge is 0.144 e. The van der Waals surface area contributed by atoms with Crippen LogP contribution in [-0.4, -0.2) is 17.6 Å². The molecule has 18 heavy (non-hydrogen) atoms. The van der Waals surface area contributed by atoms with E-state index >= 15 is 0 Å². The van der Waals surface area contributed by atoms with Crippen molar-refractivity contribution in [3.8, 4) is 6.07 Å². The zero-order valence-electron chi connectivity index (χ0n) is 10.9. The molecule has 0 amide bonds. The maximum absolute atomic E-state index is 9.17. The average molecular weight is 244 g/mol. The van der Waals surface area contributed by atoms with Crippen LogP contribution in [-0.2, 0) is 12.8 Å². The Hall–Kier alpha value is -1.60. The summed E-state index contributed by atoms with van der Waals surface area (Å²) in [4.78, 5) is 4.61. The van der Waals surface area contributed by atoms with Crippen LogP contribution >= 0.6 is 0 Å². The van der Waals surface area contributed by atoms with Crippen LogP contribution in [0.3, 0.4) is 0 Å². The van der Waals surface area contributed by atoms with Gasteiger partial charge in [-0.1, -0.05) is 0 Å². The second-order valence-electron chi connectivity index (χ2n) is 5.00. The maximum Gasteiger partial charge on any atom is 0.144 e. The molecule has 3 N–H and O–H groups in total. The van der Waals surface area contributed by atoms with E-state index in [4.69, 9.17) is 5.73 Å². The zero-order chi connectivity index (χ0) is 13.0. The third kappa shape index (κ3) is 2.99. The topological polar surface area (TPSA) is 74.7 Å². The summed E-state index contributed by atoms with van der Waals surface area (Å²) in [6.45, 7) is 2.74. The molecule has 4 nitrogen and oxygen atoms in total. The molecular formula is C14H20N4. The Morgan fingerprint density at radius 1 is 1.50 bits per heavy atom. The molecule has 1 unspecified atom stereocenters. The first-order chi connectivity index (χ1) is 8.70. The molecule has 0 saturated carbocycles. The highest BCUT2D eigenvalue weighted by molar-refractivity contribution is 5.54. The molecule has 0 saturated heterocycles. The maximum atomic E-state index is 9.17. The van der Waals surface area contributed by atoms with Crippen molar-refractivity contribution in [1.29, 1.82) is 5.26 Å². The van der Waals surface area contributed by atoms with E-state index in [0.717, 1.165) is 37.3 Å². The lowest BCUT2D eigenvalue weighted by Crippen LogP contribution is -2.20. The number of rotatable bonds is 4.